The fourth-order valence-electron chi connectivity index (χ4n) is 2.41. The number of benzene rings is 1. The van der Waals surface area contributed by atoms with E-state index in [-0.39, 0.29) is 0 Å². The van der Waals surface area contributed by atoms with Gasteiger partial charge in [-0.2, -0.15) is 0 Å². The van der Waals surface area contributed by atoms with Crippen LogP contribution >= 0.6 is 0 Å². The highest BCUT2D eigenvalue weighted by Crippen LogP contribution is 2.17. The van der Waals surface area contributed by atoms with Crippen LogP contribution in [0.15, 0.2) is 18.2 Å². The summed E-state index contributed by atoms with van der Waals surface area (Å²) in [6, 6.07) is 6.34. The largest absolute Gasteiger partial charge is 0.399 e. The van der Waals surface area contributed by atoms with Crippen molar-refractivity contribution in [3.05, 3.63) is 24.0 Å². The maximum atomic E-state index is 5.78. The summed E-state index contributed by atoms with van der Waals surface area (Å²) in [4.78, 5) is 10.3. The lowest BCUT2D eigenvalue weighted by atomic mass is 10.0. The Labute approximate surface area is 115 Å². The van der Waals surface area contributed by atoms with Crippen LogP contribution in [0.4, 0.5) is 5.69 Å². The summed E-state index contributed by atoms with van der Waals surface area (Å²) in [5.74, 6) is 1.71. The van der Waals surface area contributed by atoms with Gasteiger partial charge in [-0.25, -0.2) is 4.98 Å². The summed E-state index contributed by atoms with van der Waals surface area (Å²) in [6.07, 6.45) is 1.20. The Balaban J connectivity index is 2.08. The van der Waals surface area contributed by atoms with Gasteiger partial charge in [0.2, 0.25) is 0 Å². The number of hydrogen-bond donors (Lipinski definition) is 2. The fraction of sp³-hybridized carbons (Fsp3) is 0.533. The normalized spacial score (nSPS) is 13.6. The van der Waals surface area contributed by atoms with Gasteiger partial charge in [0.1, 0.15) is 5.82 Å². The third-order valence-corrected chi connectivity index (χ3v) is 3.52. The van der Waals surface area contributed by atoms with Gasteiger partial charge in [0.05, 0.1) is 17.6 Å². The number of aromatic nitrogens is 2. The first kappa shape index (κ1) is 13.9. The maximum absolute atomic E-state index is 5.78. The van der Waals surface area contributed by atoms with E-state index in [4.69, 9.17) is 5.73 Å². The van der Waals surface area contributed by atoms with Crippen LogP contribution in [-0.2, 0) is 6.54 Å². The van der Waals surface area contributed by atoms with Crippen molar-refractivity contribution in [3.63, 3.8) is 0 Å². The Kier molecular flexibility index (Phi) is 4.10. The zero-order chi connectivity index (χ0) is 14.0. The molecule has 0 saturated heterocycles. The van der Waals surface area contributed by atoms with E-state index in [9.17, 15) is 0 Å². The second-order valence-corrected chi connectivity index (χ2v) is 5.85. The topological polar surface area (TPSA) is 57.9 Å². The molecule has 0 spiro atoms. The molecule has 0 aliphatic rings. The molecule has 1 aromatic heterocycles. The first-order chi connectivity index (χ1) is 8.95. The Morgan fingerprint density at radius 1 is 1.32 bits per heavy atom. The quantitative estimate of drug-likeness (QED) is 0.812. The average Bonchev–Trinajstić information content (AvgIpc) is 2.69. The van der Waals surface area contributed by atoms with Gasteiger partial charge < -0.3 is 10.7 Å². The standard InChI is InChI=1S/C15H24N4/c1-10(2)7-11(3)19(4)9-15-17-13-6-5-12(16)8-14(13)18-15/h5-6,8,10-11H,7,9,16H2,1-4H3,(H,17,18). The minimum Gasteiger partial charge on any atom is -0.399 e. The van der Waals surface area contributed by atoms with Gasteiger partial charge in [0.25, 0.3) is 0 Å². The number of nitrogens with zero attached hydrogens (tertiary/aromatic N) is 2. The van der Waals surface area contributed by atoms with E-state index in [0.717, 1.165) is 29.1 Å². The number of fused-ring (bicyclic) bond motifs is 1. The molecule has 0 aliphatic carbocycles. The molecule has 0 fully saturated rings. The number of nitrogen functional groups attached to an aromatic ring is 1. The summed E-state index contributed by atoms with van der Waals surface area (Å²) in [5, 5.41) is 0. The number of rotatable bonds is 5. The zero-order valence-electron chi connectivity index (χ0n) is 12.3. The van der Waals surface area contributed by atoms with E-state index >= 15 is 0 Å². The van der Waals surface area contributed by atoms with Crippen molar-refractivity contribution in [2.45, 2.75) is 39.8 Å². The SMILES string of the molecule is CC(C)CC(C)N(C)Cc1nc2ccc(N)cc2[nH]1. The molecule has 3 N–H and O–H groups in total. The molecule has 0 amide bonds. The number of imidazole rings is 1. The van der Waals surface area contributed by atoms with Crippen molar-refractivity contribution in [1.29, 1.82) is 0 Å². The van der Waals surface area contributed by atoms with Crippen molar-refractivity contribution in [2.75, 3.05) is 12.8 Å². The van der Waals surface area contributed by atoms with Gasteiger partial charge >= 0.3 is 0 Å². The van der Waals surface area contributed by atoms with E-state index < -0.39 is 0 Å². The Bertz CT molecular complexity index is 544. The smallest absolute Gasteiger partial charge is 0.121 e. The van der Waals surface area contributed by atoms with Gasteiger partial charge in [0.15, 0.2) is 0 Å². The number of nitrogens with one attached hydrogen (secondary N) is 1. The van der Waals surface area contributed by atoms with Gasteiger partial charge in [-0.3, -0.25) is 4.90 Å². The summed E-state index contributed by atoms with van der Waals surface area (Å²) in [6.45, 7) is 7.62. The number of nitrogens with two attached hydrogens (primary N) is 1. The lowest BCUT2D eigenvalue weighted by Gasteiger charge is -2.25. The molecule has 2 rings (SSSR count). The predicted molar refractivity (Wildman–Crippen MR) is 80.9 cm³/mol. The molecular formula is C15H24N4. The molecule has 0 bridgehead atoms. The van der Waals surface area contributed by atoms with Gasteiger partial charge in [-0.05, 0) is 44.5 Å². The fourth-order valence-corrected chi connectivity index (χ4v) is 2.41. The Morgan fingerprint density at radius 2 is 2.05 bits per heavy atom. The van der Waals surface area contributed by atoms with Crippen molar-refractivity contribution >= 4 is 16.7 Å². The van der Waals surface area contributed by atoms with Crippen LogP contribution in [0.5, 0.6) is 0 Å². The highest BCUT2D eigenvalue weighted by molar-refractivity contribution is 5.78. The highest BCUT2D eigenvalue weighted by atomic mass is 15.1. The van der Waals surface area contributed by atoms with Crippen LogP contribution in [0.3, 0.4) is 0 Å². The number of anilines is 1. The van der Waals surface area contributed by atoms with Crippen molar-refractivity contribution in [2.24, 2.45) is 5.92 Å². The second kappa shape index (κ2) is 5.61. The van der Waals surface area contributed by atoms with Gasteiger partial charge in [-0.15, -0.1) is 0 Å². The molecule has 2 aromatic rings. The molecule has 4 nitrogen and oxygen atoms in total. The molecule has 4 heteroatoms. The molecule has 1 aromatic carbocycles. The van der Waals surface area contributed by atoms with Crippen LogP contribution in [0.1, 0.15) is 33.0 Å². The summed E-state index contributed by atoms with van der Waals surface area (Å²) in [5.41, 5.74) is 8.54. The average molecular weight is 260 g/mol. The molecule has 1 atom stereocenters. The second-order valence-electron chi connectivity index (χ2n) is 5.85. The van der Waals surface area contributed by atoms with E-state index in [1.165, 1.54) is 6.42 Å². The maximum Gasteiger partial charge on any atom is 0.121 e. The molecule has 19 heavy (non-hydrogen) atoms. The number of H-pyrrole nitrogens is 1. The van der Waals surface area contributed by atoms with Gasteiger partial charge in [-0.1, -0.05) is 13.8 Å². The highest BCUT2D eigenvalue weighted by Gasteiger charge is 2.13. The third-order valence-electron chi connectivity index (χ3n) is 3.52. The van der Waals surface area contributed by atoms with E-state index in [0.29, 0.717) is 12.0 Å². The minimum absolute atomic E-state index is 0.554. The molecule has 0 saturated carbocycles. The van der Waals surface area contributed by atoms with E-state index in [1.807, 2.05) is 18.2 Å². The van der Waals surface area contributed by atoms with Crippen LogP contribution in [0, 0.1) is 5.92 Å². The molecule has 104 valence electrons. The summed E-state index contributed by atoms with van der Waals surface area (Å²) >= 11 is 0. The first-order valence-corrected chi connectivity index (χ1v) is 6.90. The molecule has 1 heterocycles. The Hall–Kier alpha value is -1.55. The van der Waals surface area contributed by atoms with Crippen molar-refractivity contribution in [1.82, 2.24) is 14.9 Å². The molecule has 0 radical (unpaired) electrons. The van der Waals surface area contributed by atoms with Crippen LogP contribution in [0.2, 0.25) is 0 Å². The monoisotopic (exact) mass is 260 g/mol. The molecule has 0 aliphatic heterocycles. The Morgan fingerprint density at radius 3 is 2.74 bits per heavy atom. The third kappa shape index (κ3) is 3.47. The number of hydrogen-bond acceptors (Lipinski definition) is 3. The van der Waals surface area contributed by atoms with E-state index in [1.54, 1.807) is 0 Å². The molecular weight excluding hydrogens is 236 g/mol. The summed E-state index contributed by atoms with van der Waals surface area (Å²) in [7, 11) is 2.15. The van der Waals surface area contributed by atoms with Crippen LogP contribution in [-0.4, -0.2) is 28.0 Å². The van der Waals surface area contributed by atoms with Crippen molar-refractivity contribution in [3.8, 4) is 0 Å². The first-order valence-electron chi connectivity index (χ1n) is 6.90. The zero-order valence-corrected chi connectivity index (χ0v) is 12.3. The van der Waals surface area contributed by atoms with Crippen LogP contribution < -0.4 is 5.73 Å². The lowest BCUT2D eigenvalue weighted by Crippen LogP contribution is -2.30. The molecule has 1 unspecified atom stereocenters. The predicted octanol–water partition coefficient (Wildman–Crippen LogP) is 3.01. The summed E-state index contributed by atoms with van der Waals surface area (Å²) < 4.78 is 0. The number of aromatic amines is 1. The van der Waals surface area contributed by atoms with Gasteiger partial charge in [0, 0.05) is 11.7 Å². The van der Waals surface area contributed by atoms with Crippen molar-refractivity contribution < 1.29 is 0 Å². The minimum atomic E-state index is 0.554. The lowest BCUT2D eigenvalue weighted by molar-refractivity contribution is 0.216. The van der Waals surface area contributed by atoms with E-state index in [2.05, 4.69) is 42.7 Å². The van der Waals surface area contributed by atoms with Crippen LogP contribution in [0.25, 0.3) is 11.0 Å².